The Labute approximate surface area is 120 Å². The number of hydrogen-bond donors (Lipinski definition) is 1. The number of aromatic nitrogens is 4. The molecule has 0 aliphatic heterocycles. The molecule has 0 amide bonds. The van der Waals surface area contributed by atoms with E-state index >= 15 is 0 Å². The standard InChI is InChI=1S/C11H16N6S2/c1-7-13-4-8(19-7)5-18-6-9-14-10(12)16-11(15-9)17(2)3/h4H,5-6H2,1-3H3,(H2,12,14,15,16). The van der Waals surface area contributed by atoms with E-state index in [1.54, 1.807) is 23.1 Å². The molecule has 2 heterocycles. The second-order valence-corrected chi connectivity index (χ2v) is 6.45. The molecular weight excluding hydrogens is 280 g/mol. The summed E-state index contributed by atoms with van der Waals surface area (Å²) in [7, 11) is 3.76. The Morgan fingerprint density at radius 3 is 2.68 bits per heavy atom. The number of anilines is 2. The van der Waals surface area contributed by atoms with Gasteiger partial charge in [-0.2, -0.15) is 15.0 Å². The molecule has 0 bridgehead atoms. The monoisotopic (exact) mass is 296 g/mol. The molecule has 0 aromatic carbocycles. The first-order valence-corrected chi connectivity index (χ1v) is 7.68. The van der Waals surface area contributed by atoms with Crippen LogP contribution in [0.2, 0.25) is 0 Å². The zero-order valence-corrected chi connectivity index (χ0v) is 12.8. The fourth-order valence-electron chi connectivity index (χ4n) is 1.40. The first-order valence-electron chi connectivity index (χ1n) is 5.71. The maximum absolute atomic E-state index is 5.68. The van der Waals surface area contributed by atoms with E-state index in [1.165, 1.54) is 4.88 Å². The molecule has 0 aliphatic carbocycles. The van der Waals surface area contributed by atoms with Crippen molar-refractivity contribution in [1.29, 1.82) is 0 Å². The number of nitrogens with two attached hydrogens (primary N) is 1. The summed E-state index contributed by atoms with van der Waals surface area (Å²) in [6, 6.07) is 0. The number of aryl methyl sites for hydroxylation is 1. The molecule has 2 aromatic rings. The predicted molar refractivity (Wildman–Crippen MR) is 80.4 cm³/mol. The second kappa shape index (κ2) is 6.16. The minimum atomic E-state index is 0.267. The third kappa shape index (κ3) is 4.03. The van der Waals surface area contributed by atoms with Gasteiger partial charge in [0.2, 0.25) is 11.9 Å². The van der Waals surface area contributed by atoms with Gasteiger partial charge in [-0.15, -0.1) is 23.1 Å². The Bertz CT molecular complexity index is 554. The van der Waals surface area contributed by atoms with E-state index in [9.17, 15) is 0 Å². The van der Waals surface area contributed by atoms with E-state index in [-0.39, 0.29) is 5.95 Å². The lowest BCUT2D eigenvalue weighted by atomic mass is 10.6. The van der Waals surface area contributed by atoms with Crippen molar-refractivity contribution in [3.8, 4) is 0 Å². The van der Waals surface area contributed by atoms with Crippen LogP contribution in [0.1, 0.15) is 15.7 Å². The van der Waals surface area contributed by atoms with E-state index in [1.807, 2.05) is 32.1 Å². The smallest absolute Gasteiger partial charge is 0.229 e. The summed E-state index contributed by atoms with van der Waals surface area (Å²) in [4.78, 5) is 19.9. The topological polar surface area (TPSA) is 80.8 Å². The van der Waals surface area contributed by atoms with Gasteiger partial charge in [0.1, 0.15) is 5.82 Å². The summed E-state index contributed by atoms with van der Waals surface area (Å²) in [5.41, 5.74) is 5.68. The van der Waals surface area contributed by atoms with Gasteiger partial charge in [-0.3, -0.25) is 0 Å². The van der Waals surface area contributed by atoms with Gasteiger partial charge in [-0.25, -0.2) is 4.98 Å². The average molecular weight is 296 g/mol. The Morgan fingerprint density at radius 2 is 2.05 bits per heavy atom. The van der Waals surface area contributed by atoms with Crippen LogP contribution < -0.4 is 10.6 Å². The van der Waals surface area contributed by atoms with E-state index in [2.05, 4.69) is 19.9 Å². The Hall–Kier alpha value is -1.41. The number of hydrogen-bond acceptors (Lipinski definition) is 8. The van der Waals surface area contributed by atoms with Crippen LogP contribution in [0.15, 0.2) is 6.20 Å². The van der Waals surface area contributed by atoms with Gasteiger partial charge in [0.05, 0.1) is 10.8 Å². The van der Waals surface area contributed by atoms with Crippen molar-refractivity contribution in [3.05, 3.63) is 21.9 Å². The van der Waals surface area contributed by atoms with Gasteiger partial charge in [0.25, 0.3) is 0 Å². The van der Waals surface area contributed by atoms with Crippen molar-refractivity contribution in [1.82, 2.24) is 19.9 Å². The van der Waals surface area contributed by atoms with Gasteiger partial charge < -0.3 is 10.6 Å². The Morgan fingerprint density at radius 1 is 1.26 bits per heavy atom. The summed E-state index contributed by atoms with van der Waals surface area (Å²) in [5.74, 6) is 3.20. The molecule has 2 aromatic heterocycles. The highest BCUT2D eigenvalue weighted by molar-refractivity contribution is 7.97. The highest BCUT2D eigenvalue weighted by Crippen LogP contribution is 2.21. The van der Waals surface area contributed by atoms with Crippen molar-refractivity contribution in [3.63, 3.8) is 0 Å². The minimum Gasteiger partial charge on any atom is -0.368 e. The van der Waals surface area contributed by atoms with Crippen LogP contribution in [-0.2, 0) is 11.5 Å². The second-order valence-electron chi connectivity index (χ2n) is 4.14. The first-order chi connectivity index (χ1) is 9.04. The molecule has 2 rings (SSSR count). The van der Waals surface area contributed by atoms with Crippen LogP contribution in [0.25, 0.3) is 0 Å². The summed E-state index contributed by atoms with van der Waals surface area (Å²) in [6.45, 7) is 2.01. The highest BCUT2D eigenvalue weighted by atomic mass is 32.2. The molecule has 0 radical (unpaired) electrons. The molecular formula is C11H16N6S2. The van der Waals surface area contributed by atoms with Crippen molar-refractivity contribution in [2.75, 3.05) is 24.7 Å². The zero-order valence-electron chi connectivity index (χ0n) is 11.1. The quantitative estimate of drug-likeness (QED) is 0.899. The Balaban J connectivity index is 1.95. The maximum atomic E-state index is 5.68. The molecule has 0 aliphatic rings. The highest BCUT2D eigenvalue weighted by Gasteiger charge is 2.07. The van der Waals surface area contributed by atoms with Crippen molar-refractivity contribution < 1.29 is 0 Å². The summed E-state index contributed by atoms with van der Waals surface area (Å²) in [6.07, 6.45) is 1.92. The fourth-order valence-corrected chi connectivity index (χ4v) is 3.17. The molecule has 6 nitrogen and oxygen atoms in total. The molecule has 0 saturated carbocycles. The predicted octanol–water partition coefficient (Wildman–Crippen LogP) is 1.72. The van der Waals surface area contributed by atoms with Crippen molar-refractivity contribution in [2.45, 2.75) is 18.4 Å². The van der Waals surface area contributed by atoms with Gasteiger partial charge in [-0.1, -0.05) is 0 Å². The molecule has 19 heavy (non-hydrogen) atoms. The van der Waals surface area contributed by atoms with Crippen molar-refractivity contribution in [2.24, 2.45) is 0 Å². The van der Waals surface area contributed by atoms with Gasteiger partial charge in [0.15, 0.2) is 0 Å². The lowest BCUT2D eigenvalue weighted by Crippen LogP contribution is -2.15. The van der Waals surface area contributed by atoms with Gasteiger partial charge in [0, 0.05) is 30.9 Å². The molecule has 0 spiro atoms. The third-order valence-corrected chi connectivity index (χ3v) is 4.30. The lowest BCUT2D eigenvalue weighted by molar-refractivity contribution is 0.919. The van der Waals surface area contributed by atoms with E-state index in [0.29, 0.717) is 17.5 Å². The normalized spacial score (nSPS) is 10.7. The number of rotatable bonds is 5. The van der Waals surface area contributed by atoms with Gasteiger partial charge >= 0.3 is 0 Å². The van der Waals surface area contributed by atoms with Gasteiger partial charge in [-0.05, 0) is 6.92 Å². The first kappa shape index (κ1) is 14.0. The molecule has 2 N–H and O–H groups in total. The Kier molecular flexibility index (Phi) is 4.54. The SMILES string of the molecule is Cc1ncc(CSCc2nc(N)nc(N(C)C)n2)s1. The molecule has 102 valence electrons. The van der Waals surface area contributed by atoms with E-state index in [0.717, 1.165) is 10.8 Å². The molecule has 8 heteroatoms. The third-order valence-electron chi connectivity index (χ3n) is 2.23. The van der Waals surface area contributed by atoms with Crippen LogP contribution >= 0.6 is 23.1 Å². The molecule has 0 saturated heterocycles. The lowest BCUT2D eigenvalue weighted by Gasteiger charge is -2.11. The van der Waals surface area contributed by atoms with Crippen LogP contribution in [-0.4, -0.2) is 34.0 Å². The van der Waals surface area contributed by atoms with Crippen LogP contribution in [0.3, 0.4) is 0 Å². The average Bonchev–Trinajstić information content (AvgIpc) is 2.74. The summed E-state index contributed by atoms with van der Waals surface area (Å²) >= 11 is 3.46. The van der Waals surface area contributed by atoms with E-state index < -0.39 is 0 Å². The minimum absolute atomic E-state index is 0.267. The maximum Gasteiger partial charge on any atom is 0.229 e. The summed E-state index contributed by atoms with van der Waals surface area (Å²) in [5, 5.41) is 1.09. The number of nitrogen functional groups attached to an aromatic ring is 1. The number of thiazole rings is 1. The molecule has 0 fully saturated rings. The summed E-state index contributed by atoms with van der Waals surface area (Å²) < 4.78 is 0. The zero-order chi connectivity index (χ0) is 13.8. The molecule has 0 atom stereocenters. The van der Waals surface area contributed by atoms with Crippen LogP contribution in [0, 0.1) is 6.92 Å². The van der Waals surface area contributed by atoms with Crippen molar-refractivity contribution >= 4 is 35.0 Å². The largest absolute Gasteiger partial charge is 0.368 e. The number of nitrogens with zero attached hydrogens (tertiary/aromatic N) is 5. The fraction of sp³-hybridized carbons (Fsp3) is 0.455. The van der Waals surface area contributed by atoms with Crippen LogP contribution in [0.5, 0.6) is 0 Å². The molecule has 0 unspecified atom stereocenters. The van der Waals surface area contributed by atoms with E-state index in [4.69, 9.17) is 5.73 Å². The number of thioether (sulfide) groups is 1. The van der Waals surface area contributed by atoms with Crippen LogP contribution in [0.4, 0.5) is 11.9 Å².